The van der Waals surface area contributed by atoms with Gasteiger partial charge >= 0.3 is 0 Å². The number of likely N-dealkylation sites (N-methyl/N-ethyl adjacent to an activating group) is 1. The van der Waals surface area contributed by atoms with E-state index in [0.29, 0.717) is 48.4 Å². The highest BCUT2D eigenvalue weighted by Gasteiger charge is 2.26. The van der Waals surface area contributed by atoms with Crippen LogP contribution < -0.4 is 15.4 Å². The fourth-order valence-electron chi connectivity index (χ4n) is 3.87. The lowest BCUT2D eigenvalue weighted by atomic mass is 10.1. The Morgan fingerprint density at radius 1 is 1.14 bits per heavy atom. The van der Waals surface area contributed by atoms with Gasteiger partial charge in [-0.25, -0.2) is 9.97 Å². The summed E-state index contributed by atoms with van der Waals surface area (Å²) in [6.45, 7) is 2.74. The number of hydrogen-bond acceptors (Lipinski definition) is 8. The normalized spacial score (nSPS) is 15.5. The highest BCUT2D eigenvalue weighted by molar-refractivity contribution is 5.68. The van der Waals surface area contributed by atoms with Gasteiger partial charge in [-0.15, -0.1) is 0 Å². The van der Waals surface area contributed by atoms with Gasteiger partial charge in [-0.05, 0) is 44.2 Å². The molecule has 1 atom stereocenters. The minimum Gasteiger partial charge on any atom is -0.491 e. The van der Waals surface area contributed by atoms with Crippen LogP contribution in [-0.4, -0.2) is 65.6 Å². The molecule has 1 unspecified atom stereocenters. The molecule has 1 saturated heterocycles. The van der Waals surface area contributed by atoms with Crippen LogP contribution in [0.15, 0.2) is 48.7 Å². The van der Waals surface area contributed by atoms with Crippen molar-refractivity contribution >= 4 is 5.82 Å². The van der Waals surface area contributed by atoms with E-state index >= 15 is 0 Å². The molecule has 3 N–H and O–H groups in total. The molecule has 1 aliphatic rings. The number of hydrogen-bond donors (Lipinski definition) is 3. The number of halogens is 2. The van der Waals surface area contributed by atoms with Crippen molar-refractivity contribution in [2.45, 2.75) is 37.8 Å². The molecular formula is C26H31F2N5O3. The van der Waals surface area contributed by atoms with Crippen molar-refractivity contribution in [2.24, 2.45) is 0 Å². The van der Waals surface area contributed by atoms with Crippen molar-refractivity contribution in [3.8, 4) is 28.4 Å². The maximum absolute atomic E-state index is 13.7. The van der Waals surface area contributed by atoms with Crippen LogP contribution >= 0.6 is 0 Å². The lowest BCUT2D eigenvalue weighted by Gasteiger charge is -2.24. The van der Waals surface area contributed by atoms with Gasteiger partial charge in [0, 0.05) is 56.1 Å². The van der Waals surface area contributed by atoms with E-state index in [1.165, 1.54) is 12.3 Å². The molecule has 3 heterocycles. The van der Waals surface area contributed by atoms with E-state index in [2.05, 4.69) is 15.6 Å². The van der Waals surface area contributed by atoms with Crippen molar-refractivity contribution in [3.63, 3.8) is 0 Å². The Bertz CT molecular complexity index is 1140. The first-order valence-corrected chi connectivity index (χ1v) is 12.0. The zero-order valence-corrected chi connectivity index (χ0v) is 20.4. The molecular weight excluding hydrogens is 468 g/mol. The Kier molecular flexibility index (Phi) is 8.40. The predicted octanol–water partition coefficient (Wildman–Crippen LogP) is 3.87. The molecule has 3 aromatic rings. The molecule has 1 aromatic carbocycles. The van der Waals surface area contributed by atoms with Crippen LogP contribution in [0.4, 0.5) is 14.6 Å². The van der Waals surface area contributed by atoms with Gasteiger partial charge < -0.3 is 25.2 Å². The van der Waals surface area contributed by atoms with Crippen molar-refractivity contribution in [1.82, 2.24) is 20.3 Å². The molecule has 2 aromatic heterocycles. The van der Waals surface area contributed by atoms with Gasteiger partial charge in [-0.2, -0.15) is 8.78 Å². The van der Waals surface area contributed by atoms with Crippen LogP contribution in [0.2, 0.25) is 0 Å². The summed E-state index contributed by atoms with van der Waals surface area (Å²) in [5.74, 6) is -1.37. The summed E-state index contributed by atoms with van der Waals surface area (Å²) in [6, 6.07) is 12.2. The molecule has 192 valence electrons. The molecule has 0 radical (unpaired) electrons. The van der Waals surface area contributed by atoms with Crippen LogP contribution in [0.25, 0.3) is 22.6 Å². The highest BCUT2D eigenvalue weighted by Crippen LogP contribution is 2.30. The summed E-state index contributed by atoms with van der Waals surface area (Å²) >= 11 is 0. The molecule has 4 rings (SSSR count). The van der Waals surface area contributed by atoms with Gasteiger partial charge in [0.25, 0.3) is 5.92 Å². The molecule has 0 amide bonds. The van der Waals surface area contributed by atoms with E-state index in [1.807, 2.05) is 18.2 Å². The average Bonchev–Trinajstić information content (AvgIpc) is 2.88. The van der Waals surface area contributed by atoms with Crippen molar-refractivity contribution in [1.29, 1.82) is 0 Å². The molecule has 10 heteroatoms. The number of nitrogens with one attached hydrogen (secondary N) is 2. The summed E-state index contributed by atoms with van der Waals surface area (Å²) < 4.78 is 38.5. The second-order valence-corrected chi connectivity index (χ2v) is 8.86. The Hall–Kier alpha value is -3.21. The minimum absolute atomic E-state index is 0.141. The SMILES string of the molecule is CNCC(O)COc1cccc(-c2nc(NC3CCOCC3)cc(-c3ccc(C(C)(F)F)nc3)n2)c1. The smallest absolute Gasteiger partial charge is 0.286 e. The monoisotopic (exact) mass is 499 g/mol. The highest BCUT2D eigenvalue weighted by atomic mass is 19.3. The quantitative estimate of drug-likeness (QED) is 0.387. The second-order valence-electron chi connectivity index (χ2n) is 8.86. The van der Waals surface area contributed by atoms with Crippen molar-refractivity contribution in [2.75, 3.05) is 38.7 Å². The minimum atomic E-state index is -3.02. The largest absolute Gasteiger partial charge is 0.491 e. The van der Waals surface area contributed by atoms with E-state index in [0.717, 1.165) is 25.3 Å². The predicted molar refractivity (Wildman–Crippen MR) is 133 cm³/mol. The summed E-state index contributed by atoms with van der Waals surface area (Å²) in [7, 11) is 1.76. The molecule has 0 spiro atoms. The summed E-state index contributed by atoms with van der Waals surface area (Å²) in [4.78, 5) is 13.4. The first-order chi connectivity index (χ1) is 17.3. The first-order valence-electron chi connectivity index (χ1n) is 12.0. The topological polar surface area (TPSA) is 101 Å². The lowest BCUT2D eigenvalue weighted by Crippen LogP contribution is -2.29. The van der Waals surface area contributed by atoms with Crippen LogP contribution in [-0.2, 0) is 10.7 Å². The maximum Gasteiger partial charge on any atom is 0.286 e. The number of aliphatic hydroxyl groups excluding tert-OH is 1. The van der Waals surface area contributed by atoms with Crippen LogP contribution in [0.3, 0.4) is 0 Å². The number of pyridine rings is 1. The van der Waals surface area contributed by atoms with Gasteiger partial charge in [0.2, 0.25) is 0 Å². The molecule has 0 aliphatic carbocycles. The van der Waals surface area contributed by atoms with Crippen LogP contribution in [0.5, 0.6) is 5.75 Å². The number of ether oxygens (including phenoxy) is 2. The van der Waals surface area contributed by atoms with Crippen molar-refractivity contribution in [3.05, 3.63) is 54.4 Å². The number of aromatic nitrogens is 3. The van der Waals surface area contributed by atoms with E-state index < -0.39 is 12.0 Å². The summed E-state index contributed by atoms with van der Waals surface area (Å²) in [6.07, 6.45) is 2.48. The summed E-state index contributed by atoms with van der Waals surface area (Å²) in [5, 5.41) is 16.3. The van der Waals surface area contributed by atoms with Crippen molar-refractivity contribution < 1.29 is 23.4 Å². The lowest BCUT2D eigenvalue weighted by molar-refractivity contribution is 0.0128. The number of aliphatic hydroxyl groups is 1. The maximum atomic E-state index is 13.7. The third-order valence-corrected chi connectivity index (χ3v) is 5.78. The van der Waals surface area contributed by atoms with E-state index in [1.54, 1.807) is 25.2 Å². The molecule has 8 nitrogen and oxygen atoms in total. The van der Waals surface area contributed by atoms with Gasteiger partial charge in [-0.1, -0.05) is 12.1 Å². The standard InChI is InChI=1S/C26H31F2N5O3/c1-26(27,28)23-7-6-18(14-30-23)22-13-24(31-19-8-10-35-11-9-19)33-25(32-22)17-4-3-5-21(12-17)36-16-20(34)15-29-2/h3-7,12-14,19-20,29,34H,8-11,15-16H2,1-2H3,(H,31,32,33). The second kappa shape index (κ2) is 11.7. The number of anilines is 1. The number of rotatable bonds is 10. The Morgan fingerprint density at radius 2 is 1.94 bits per heavy atom. The molecule has 0 saturated carbocycles. The number of nitrogens with zero attached hydrogens (tertiary/aromatic N) is 3. The van der Waals surface area contributed by atoms with Gasteiger partial charge in [0.05, 0.1) is 5.69 Å². The first kappa shape index (κ1) is 25.9. The molecule has 36 heavy (non-hydrogen) atoms. The molecule has 1 aliphatic heterocycles. The van der Waals surface area contributed by atoms with Crippen LogP contribution in [0, 0.1) is 0 Å². The number of alkyl halides is 2. The molecule has 1 fully saturated rings. The molecule has 0 bridgehead atoms. The fourth-order valence-corrected chi connectivity index (χ4v) is 3.87. The van der Waals surface area contributed by atoms with E-state index in [9.17, 15) is 13.9 Å². The fraction of sp³-hybridized carbons (Fsp3) is 0.423. The van der Waals surface area contributed by atoms with Gasteiger partial charge in [0.15, 0.2) is 5.82 Å². The number of benzene rings is 1. The Balaban J connectivity index is 1.65. The summed E-state index contributed by atoms with van der Waals surface area (Å²) in [5.41, 5.74) is 1.58. The van der Waals surface area contributed by atoms with E-state index in [-0.39, 0.29) is 18.3 Å². The van der Waals surface area contributed by atoms with Crippen LogP contribution in [0.1, 0.15) is 25.5 Å². The zero-order valence-electron chi connectivity index (χ0n) is 20.4. The Morgan fingerprint density at radius 3 is 2.64 bits per heavy atom. The average molecular weight is 500 g/mol. The van der Waals surface area contributed by atoms with Gasteiger partial charge in [-0.3, -0.25) is 4.98 Å². The van der Waals surface area contributed by atoms with Gasteiger partial charge in [0.1, 0.15) is 30.0 Å². The zero-order chi connectivity index (χ0) is 25.5. The third kappa shape index (κ3) is 6.93. The van der Waals surface area contributed by atoms with E-state index in [4.69, 9.17) is 19.4 Å². The third-order valence-electron chi connectivity index (χ3n) is 5.78. The Labute approximate surface area is 209 Å².